The summed E-state index contributed by atoms with van der Waals surface area (Å²) in [5.41, 5.74) is 1.41. The van der Waals surface area contributed by atoms with Crippen LogP contribution in [0.15, 0.2) is 102 Å². The Bertz CT molecular complexity index is 1850. The molecule has 254 valence electrons. The lowest BCUT2D eigenvalue weighted by atomic mass is 10.0. The number of nitrogens with one attached hydrogen (secondary N) is 1. The van der Waals surface area contributed by atoms with Gasteiger partial charge in [0.1, 0.15) is 12.6 Å². The molecule has 0 saturated carbocycles. The van der Waals surface area contributed by atoms with Crippen molar-refractivity contribution in [3.63, 3.8) is 0 Å². The molecule has 1 N–H and O–H groups in total. The van der Waals surface area contributed by atoms with Crippen LogP contribution in [0.2, 0.25) is 5.02 Å². The van der Waals surface area contributed by atoms with E-state index in [-0.39, 0.29) is 23.9 Å². The lowest BCUT2D eigenvalue weighted by molar-refractivity contribution is -0.140. The Labute approximate surface area is 284 Å². The van der Waals surface area contributed by atoms with Crippen molar-refractivity contribution in [2.75, 3.05) is 10.8 Å². The first-order chi connectivity index (χ1) is 22.6. The fourth-order valence-corrected chi connectivity index (χ4v) is 6.82. The highest BCUT2D eigenvalue weighted by molar-refractivity contribution is 7.92. The van der Waals surface area contributed by atoms with Gasteiger partial charge in [-0.2, -0.15) is 13.2 Å². The van der Waals surface area contributed by atoms with Crippen LogP contribution in [0.25, 0.3) is 0 Å². The van der Waals surface area contributed by atoms with Gasteiger partial charge in [-0.3, -0.25) is 13.9 Å². The summed E-state index contributed by atoms with van der Waals surface area (Å²) in [4.78, 5) is 29.4. The lowest BCUT2D eigenvalue weighted by Crippen LogP contribution is -2.54. The third-order valence-corrected chi connectivity index (χ3v) is 9.69. The van der Waals surface area contributed by atoms with Crippen molar-refractivity contribution in [3.05, 3.63) is 130 Å². The summed E-state index contributed by atoms with van der Waals surface area (Å²) in [7, 11) is -4.60. The lowest BCUT2D eigenvalue weighted by Gasteiger charge is -2.34. The molecule has 0 aliphatic heterocycles. The molecule has 0 saturated heterocycles. The van der Waals surface area contributed by atoms with E-state index < -0.39 is 56.9 Å². The van der Waals surface area contributed by atoms with Gasteiger partial charge < -0.3 is 10.2 Å². The molecule has 0 bridgehead atoms. The number of rotatable bonds is 12. The first-order valence-electron chi connectivity index (χ1n) is 15.2. The fraction of sp³-hybridized carbons (Fsp3) is 0.278. The maximum Gasteiger partial charge on any atom is 0.417 e. The van der Waals surface area contributed by atoms with Gasteiger partial charge in [0.05, 0.1) is 21.2 Å². The van der Waals surface area contributed by atoms with E-state index in [1.165, 1.54) is 17.0 Å². The number of carbonyl (C=O) groups is 2. The summed E-state index contributed by atoms with van der Waals surface area (Å²) in [5, 5.41) is 2.24. The number of sulfonamides is 1. The zero-order valence-electron chi connectivity index (χ0n) is 27.0. The number of benzene rings is 4. The van der Waals surface area contributed by atoms with E-state index >= 15 is 0 Å². The third kappa shape index (κ3) is 9.17. The van der Waals surface area contributed by atoms with Crippen molar-refractivity contribution in [3.8, 4) is 0 Å². The molecule has 0 aromatic heterocycles. The number of carbonyl (C=O) groups excluding carboxylic acids is 2. The van der Waals surface area contributed by atoms with E-state index in [0.717, 1.165) is 28.8 Å². The monoisotopic (exact) mass is 699 g/mol. The van der Waals surface area contributed by atoms with Crippen LogP contribution in [0.4, 0.5) is 18.9 Å². The molecular formula is C36H37ClF3N3O4S. The molecule has 1 atom stereocenters. The predicted octanol–water partition coefficient (Wildman–Crippen LogP) is 7.34. The maximum absolute atomic E-state index is 14.5. The number of hydrogen-bond acceptors (Lipinski definition) is 4. The summed E-state index contributed by atoms with van der Waals surface area (Å²) in [6, 6.07) is 23.4. The largest absolute Gasteiger partial charge is 0.417 e. The highest BCUT2D eigenvalue weighted by Gasteiger charge is 2.37. The Hall–Kier alpha value is -4.35. The van der Waals surface area contributed by atoms with Gasteiger partial charge in [0.2, 0.25) is 11.8 Å². The molecule has 0 aliphatic carbocycles. The highest BCUT2D eigenvalue weighted by atomic mass is 35.5. The Morgan fingerprint density at radius 3 is 2.08 bits per heavy atom. The van der Waals surface area contributed by atoms with Crippen LogP contribution in [0, 0.1) is 13.8 Å². The molecule has 0 radical (unpaired) electrons. The van der Waals surface area contributed by atoms with Crippen molar-refractivity contribution in [1.29, 1.82) is 0 Å². The first-order valence-corrected chi connectivity index (χ1v) is 17.0. The fourth-order valence-electron chi connectivity index (χ4n) is 5.19. The number of alkyl halides is 3. The van der Waals surface area contributed by atoms with Gasteiger partial charge in [-0.1, -0.05) is 89.5 Å². The van der Waals surface area contributed by atoms with Gasteiger partial charge in [0, 0.05) is 19.0 Å². The van der Waals surface area contributed by atoms with Gasteiger partial charge in [-0.25, -0.2) is 8.42 Å². The van der Waals surface area contributed by atoms with Crippen LogP contribution in [-0.2, 0) is 38.8 Å². The number of nitrogens with zero attached hydrogens (tertiary/aromatic N) is 2. The molecule has 7 nitrogen and oxygen atoms in total. The Balaban J connectivity index is 1.87. The number of halogens is 4. The van der Waals surface area contributed by atoms with Crippen LogP contribution >= 0.6 is 11.6 Å². The molecule has 2 amide bonds. The second-order valence-corrected chi connectivity index (χ2v) is 14.1. The number of aryl methyl sites for hydroxylation is 2. The van der Waals surface area contributed by atoms with E-state index in [1.54, 1.807) is 57.2 Å². The zero-order chi connectivity index (χ0) is 35.2. The molecule has 4 aromatic rings. The average Bonchev–Trinajstić information content (AvgIpc) is 3.01. The van der Waals surface area contributed by atoms with Gasteiger partial charge in [0.15, 0.2) is 0 Å². The molecule has 48 heavy (non-hydrogen) atoms. The second kappa shape index (κ2) is 15.3. The first kappa shape index (κ1) is 36.5. The molecule has 4 aromatic carbocycles. The van der Waals surface area contributed by atoms with Crippen LogP contribution < -0.4 is 9.62 Å². The molecule has 0 heterocycles. The number of hydrogen-bond donors (Lipinski definition) is 1. The van der Waals surface area contributed by atoms with Crippen molar-refractivity contribution in [2.24, 2.45) is 0 Å². The van der Waals surface area contributed by atoms with E-state index in [2.05, 4.69) is 5.32 Å². The van der Waals surface area contributed by atoms with Crippen LogP contribution in [-0.4, -0.2) is 43.8 Å². The Morgan fingerprint density at radius 1 is 0.833 bits per heavy atom. The van der Waals surface area contributed by atoms with E-state index in [0.29, 0.717) is 15.9 Å². The topological polar surface area (TPSA) is 86.8 Å². The molecular weight excluding hydrogens is 663 g/mol. The number of amides is 2. The zero-order valence-corrected chi connectivity index (χ0v) is 28.5. The van der Waals surface area contributed by atoms with Crippen LogP contribution in [0.5, 0.6) is 0 Å². The van der Waals surface area contributed by atoms with Crippen LogP contribution in [0.1, 0.15) is 41.7 Å². The van der Waals surface area contributed by atoms with Crippen molar-refractivity contribution in [2.45, 2.75) is 63.8 Å². The van der Waals surface area contributed by atoms with Crippen LogP contribution in [0.3, 0.4) is 0 Å². The molecule has 0 fully saturated rings. The third-order valence-electron chi connectivity index (χ3n) is 7.57. The normalized spacial score (nSPS) is 12.4. The van der Waals surface area contributed by atoms with Crippen molar-refractivity contribution < 1.29 is 31.2 Å². The molecule has 0 aliphatic rings. The quantitative estimate of drug-likeness (QED) is 0.168. The second-order valence-electron chi connectivity index (χ2n) is 11.9. The summed E-state index contributed by atoms with van der Waals surface area (Å²) < 4.78 is 70.8. The number of anilines is 1. The standard InChI is InChI=1S/C36H37ClF3N3O4S/c1-24(2)41-35(45)33(20-27-10-6-5-7-11-27)42(22-28-12-8-9-26(4)19-28)34(44)23-43(48(46,47)30-16-13-25(3)14-17-30)29-15-18-32(37)31(21-29)36(38,39)40/h5-19,21,24,33H,20,22-23H2,1-4H3,(H,41,45)/t33-/m1/s1. The minimum atomic E-state index is -4.90. The highest BCUT2D eigenvalue weighted by Crippen LogP contribution is 2.38. The summed E-state index contributed by atoms with van der Waals surface area (Å²) in [6.45, 7) is 6.21. The smallest absolute Gasteiger partial charge is 0.352 e. The SMILES string of the molecule is Cc1ccc(S(=O)(=O)N(CC(=O)N(Cc2cccc(C)c2)[C@H](Cc2ccccc2)C(=O)NC(C)C)c2ccc(Cl)c(C(F)(F)F)c2)cc1. The Kier molecular flexibility index (Phi) is 11.6. The molecule has 0 spiro atoms. The summed E-state index contributed by atoms with van der Waals surface area (Å²) in [5.74, 6) is -1.26. The summed E-state index contributed by atoms with van der Waals surface area (Å²) in [6.07, 6.45) is -4.80. The average molecular weight is 700 g/mol. The molecule has 0 unspecified atom stereocenters. The van der Waals surface area contributed by atoms with E-state index in [4.69, 9.17) is 11.6 Å². The van der Waals surface area contributed by atoms with Gasteiger partial charge >= 0.3 is 6.18 Å². The minimum absolute atomic E-state index is 0.0730. The van der Waals surface area contributed by atoms with Gasteiger partial charge in [-0.15, -0.1) is 0 Å². The van der Waals surface area contributed by atoms with Gasteiger partial charge in [-0.05, 0) is 69.2 Å². The van der Waals surface area contributed by atoms with E-state index in [9.17, 15) is 31.2 Å². The van der Waals surface area contributed by atoms with Crippen molar-refractivity contribution >= 4 is 39.1 Å². The minimum Gasteiger partial charge on any atom is -0.352 e. The molecule has 4 rings (SSSR count). The van der Waals surface area contributed by atoms with E-state index in [1.807, 2.05) is 37.3 Å². The van der Waals surface area contributed by atoms with Gasteiger partial charge in [0.25, 0.3) is 10.0 Å². The predicted molar refractivity (Wildman–Crippen MR) is 181 cm³/mol. The summed E-state index contributed by atoms with van der Waals surface area (Å²) >= 11 is 5.88. The van der Waals surface area contributed by atoms with Crippen molar-refractivity contribution in [1.82, 2.24) is 10.2 Å². The molecule has 12 heteroatoms. The maximum atomic E-state index is 14.5. The Morgan fingerprint density at radius 2 is 1.48 bits per heavy atom.